The summed E-state index contributed by atoms with van der Waals surface area (Å²) < 4.78 is 5.11. The number of amides is 1. The molecular weight excluding hydrogens is 278 g/mol. The van der Waals surface area contributed by atoms with Gasteiger partial charge in [-0.1, -0.05) is 29.8 Å². The lowest BCUT2D eigenvalue weighted by atomic mass is 10.1. The molecule has 2 aromatic rings. The van der Waals surface area contributed by atoms with Gasteiger partial charge >= 0.3 is 0 Å². The van der Waals surface area contributed by atoms with E-state index < -0.39 is 5.91 Å². The van der Waals surface area contributed by atoms with E-state index in [-0.39, 0.29) is 12.1 Å². The van der Waals surface area contributed by atoms with Crippen LogP contribution in [-0.2, 0) is 17.9 Å². The number of hydrogen-bond donors (Lipinski definition) is 2. The highest BCUT2D eigenvalue weighted by molar-refractivity contribution is 5.97. The van der Waals surface area contributed by atoms with Gasteiger partial charge in [-0.05, 0) is 24.6 Å². The van der Waals surface area contributed by atoms with E-state index >= 15 is 0 Å². The third kappa shape index (κ3) is 4.53. The van der Waals surface area contributed by atoms with Crippen molar-refractivity contribution in [2.45, 2.75) is 20.0 Å². The Kier molecular flexibility index (Phi) is 5.38. The van der Waals surface area contributed by atoms with Gasteiger partial charge in [0.25, 0.3) is 5.91 Å². The molecule has 0 aliphatic carbocycles. The van der Waals surface area contributed by atoms with Crippen molar-refractivity contribution in [2.75, 3.05) is 0 Å². The predicted octanol–water partition coefficient (Wildman–Crippen LogP) is 2.40. The van der Waals surface area contributed by atoms with Crippen molar-refractivity contribution in [3.63, 3.8) is 0 Å². The third-order valence-electron chi connectivity index (χ3n) is 3.04. The average Bonchev–Trinajstić information content (AvgIpc) is 3.04. The molecule has 0 bridgehead atoms. The van der Waals surface area contributed by atoms with Gasteiger partial charge in [-0.2, -0.15) is 5.26 Å². The molecule has 2 rings (SSSR count). The molecule has 5 heteroatoms. The first-order valence-electron chi connectivity index (χ1n) is 6.89. The molecule has 0 radical (unpaired) electrons. The molecular formula is C17H17N3O2. The zero-order chi connectivity index (χ0) is 15.8. The number of nitrogens with one attached hydrogen (secondary N) is 2. The first kappa shape index (κ1) is 15.4. The first-order chi connectivity index (χ1) is 10.7. The Morgan fingerprint density at radius 2 is 2.05 bits per heavy atom. The lowest BCUT2D eigenvalue weighted by Gasteiger charge is -2.04. The standard InChI is InChI=1S/C17H17N3O2/c1-13-4-6-14(7-5-13)10-19-11-15(9-18)17(21)20-12-16-3-2-8-22-16/h2-8,11,19H,10,12H2,1H3,(H,20,21)/b15-11-. The van der Waals surface area contributed by atoms with E-state index in [1.165, 1.54) is 18.0 Å². The summed E-state index contributed by atoms with van der Waals surface area (Å²) in [7, 11) is 0. The Hall–Kier alpha value is -3.00. The second-order valence-corrected chi connectivity index (χ2v) is 4.80. The van der Waals surface area contributed by atoms with Crippen LogP contribution in [0.3, 0.4) is 0 Å². The summed E-state index contributed by atoms with van der Waals surface area (Å²) in [5.74, 6) is 0.202. The summed E-state index contributed by atoms with van der Waals surface area (Å²) in [6.07, 6.45) is 2.96. The Morgan fingerprint density at radius 3 is 2.68 bits per heavy atom. The van der Waals surface area contributed by atoms with Crippen LogP contribution in [0.1, 0.15) is 16.9 Å². The number of benzene rings is 1. The van der Waals surface area contributed by atoms with Crippen molar-refractivity contribution in [3.05, 3.63) is 71.3 Å². The fourth-order valence-electron chi connectivity index (χ4n) is 1.80. The van der Waals surface area contributed by atoms with Gasteiger partial charge in [-0.3, -0.25) is 4.79 Å². The van der Waals surface area contributed by atoms with Crippen molar-refractivity contribution in [2.24, 2.45) is 0 Å². The zero-order valence-corrected chi connectivity index (χ0v) is 12.3. The quantitative estimate of drug-likeness (QED) is 0.633. The van der Waals surface area contributed by atoms with Gasteiger partial charge in [0.1, 0.15) is 17.4 Å². The Labute approximate surface area is 129 Å². The normalized spacial score (nSPS) is 10.8. The predicted molar refractivity (Wildman–Crippen MR) is 82.3 cm³/mol. The largest absolute Gasteiger partial charge is 0.467 e. The Bertz CT molecular complexity index is 680. The maximum Gasteiger partial charge on any atom is 0.263 e. The fourth-order valence-corrected chi connectivity index (χ4v) is 1.80. The van der Waals surface area contributed by atoms with E-state index in [0.29, 0.717) is 12.3 Å². The molecule has 0 saturated carbocycles. The van der Waals surface area contributed by atoms with E-state index in [9.17, 15) is 4.79 Å². The number of carbonyl (C=O) groups excluding carboxylic acids is 1. The summed E-state index contributed by atoms with van der Waals surface area (Å²) in [5, 5.41) is 14.7. The van der Waals surface area contributed by atoms with Gasteiger partial charge in [0.05, 0.1) is 12.8 Å². The van der Waals surface area contributed by atoms with Crippen LogP contribution in [0.5, 0.6) is 0 Å². The number of aryl methyl sites for hydroxylation is 1. The maximum absolute atomic E-state index is 11.9. The van der Waals surface area contributed by atoms with E-state index in [1.54, 1.807) is 12.1 Å². The third-order valence-corrected chi connectivity index (χ3v) is 3.04. The van der Waals surface area contributed by atoms with Crippen LogP contribution in [0.15, 0.2) is 58.9 Å². The highest BCUT2D eigenvalue weighted by Gasteiger charge is 2.08. The molecule has 0 saturated heterocycles. The molecule has 0 atom stereocenters. The van der Waals surface area contributed by atoms with Crippen molar-refractivity contribution in [1.29, 1.82) is 5.26 Å². The zero-order valence-electron chi connectivity index (χ0n) is 12.3. The number of hydrogen-bond acceptors (Lipinski definition) is 4. The molecule has 1 aromatic carbocycles. The van der Waals surface area contributed by atoms with Crippen LogP contribution in [-0.4, -0.2) is 5.91 Å². The molecule has 1 amide bonds. The summed E-state index contributed by atoms with van der Waals surface area (Å²) >= 11 is 0. The molecule has 2 N–H and O–H groups in total. The van der Waals surface area contributed by atoms with E-state index in [1.807, 2.05) is 37.3 Å². The van der Waals surface area contributed by atoms with Gasteiger partial charge in [0.2, 0.25) is 0 Å². The smallest absolute Gasteiger partial charge is 0.263 e. The second kappa shape index (κ2) is 7.70. The average molecular weight is 295 g/mol. The van der Waals surface area contributed by atoms with Gasteiger partial charge < -0.3 is 15.1 Å². The number of rotatable bonds is 6. The maximum atomic E-state index is 11.9. The summed E-state index contributed by atoms with van der Waals surface area (Å²) in [5.41, 5.74) is 2.29. The lowest BCUT2D eigenvalue weighted by molar-refractivity contribution is -0.117. The number of furan rings is 1. The minimum atomic E-state index is -0.435. The van der Waals surface area contributed by atoms with Crippen LogP contribution < -0.4 is 10.6 Å². The summed E-state index contributed by atoms with van der Waals surface area (Å²) in [4.78, 5) is 11.9. The van der Waals surface area contributed by atoms with Gasteiger partial charge in [0, 0.05) is 12.7 Å². The lowest BCUT2D eigenvalue weighted by Crippen LogP contribution is -2.25. The first-order valence-corrected chi connectivity index (χ1v) is 6.89. The summed E-state index contributed by atoms with van der Waals surface area (Å²) in [6.45, 7) is 2.83. The molecule has 22 heavy (non-hydrogen) atoms. The van der Waals surface area contributed by atoms with Crippen molar-refractivity contribution < 1.29 is 9.21 Å². The van der Waals surface area contributed by atoms with Crippen molar-refractivity contribution in [3.8, 4) is 6.07 Å². The Morgan fingerprint density at radius 1 is 1.27 bits per heavy atom. The van der Waals surface area contributed by atoms with Crippen molar-refractivity contribution in [1.82, 2.24) is 10.6 Å². The van der Waals surface area contributed by atoms with Crippen LogP contribution in [0.4, 0.5) is 0 Å². The number of nitriles is 1. The van der Waals surface area contributed by atoms with Crippen molar-refractivity contribution >= 4 is 5.91 Å². The fraction of sp³-hybridized carbons (Fsp3) is 0.176. The molecule has 112 valence electrons. The number of nitrogens with zero attached hydrogens (tertiary/aromatic N) is 1. The van der Waals surface area contributed by atoms with E-state index in [4.69, 9.17) is 9.68 Å². The summed E-state index contributed by atoms with van der Waals surface area (Å²) in [6, 6.07) is 13.4. The molecule has 0 unspecified atom stereocenters. The van der Waals surface area contributed by atoms with Crippen LogP contribution in [0.25, 0.3) is 0 Å². The highest BCUT2D eigenvalue weighted by atomic mass is 16.3. The van der Waals surface area contributed by atoms with E-state index in [2.05, 4.69) is 10.6 Å². The van der Waals surface area contributed by atoms with Gasteiger partial charge in [-0.15, -0.1) is 0 Å². The topological polar surface area (TPSA) is 78.1 Å². The monoisotopic (exact) mass is 295 g/mol. The number of carbonyl (C=O) groups is 1. The second-order valence-electron chi connectivity index (χ2n) is 4.80. The minimum Gasteiger partial charge on any atom is -0.467 e. The van der Waals surface area contributed by atoms with Crippen LogP contribution >= 0.6 is 0 Å². The SMILES string of the molecule is Cc1ccc(CN/C=C(/C#N)C(=O)NCc2ccco2)cc1. The molecule has 0 fully saturated rings. The molecule has 1 aromatic heterocycles. The van der Waals surface area contributed by atoms with Crippen LogP contribution in [0.2, 0.25) is 0 Å². The molecule has 1 heterocycles. The minimum absolute atomic E-state index is 0.0265. The van der Waals surface area contributed by atoms with E-state index in [0.717, 1.165) is 5.56 Å². The van der Waals surface area contributed by atoms with Gasteiger partial charge in [-0.25, -0.2) is 0 Å². The molecule has 0 spiro atoms. The highest BCUT2D eigenvalue weighted by Crippen LogP contribution is 2.03. The molecule has 0 aliphatic heterocycles. The van der Waals surface area contributed by atoms with Crippen LogP contribution in [0, 0.1) is 18.3 Å². The molecule has 0 aliphatic rings. The van der Waals surface area contributed by atoms with Gasteiger partial charge in [0.15, 0.2) is 0 Å². The molecule has 5 nitrogen and oxygen atoms in total. The Balaban J connectivity index is 1.85.